The number of carbonyl (C=O) groups excluding carboxylic acids is 1. The van der Waals surface area contributed by atoms with E-state index in [1.165, 1.54) is 10.7 Å². The summed E-state index contributed by atoms with van der Waals surface area (Å²) in [5, 5.41) is 16.7. The molecule has 4 heterocycles. The Morgan fingerprint density at radius 1 is 1.15 bits per heavy atom. The number of anilines is 2. The highest BCUT2D eigenvalue weighted by atomic mass is 35.5. The SMILES string of the molecule is CC1(c2ccc(CCC(=O)O)cc2)C(=O)Nc2nc(-c3nn(CCCC(F)(F)F)c4nc(Cl)ccc34)nc(N)c21. The largest absolute Gasteiger partial charge is 0.481 e. The number of fused-ring (bicyclic) bond motifs is 2. The number of aliphatic carboxylic acids is 1. The van der Waals surface area contributed by atoms with Crippen LogP contribution in [-0.2, 0) is 28.0 Å². The van der Waals surface area contributed by atoms with E-state index in [1.54, 1.807) is 37.3 Å². The first-order chi connectivity index (χ1) is 18.9. The van der Waals surface area contributed by atoms with E-state index in [9.17, 15) is 22.8 Å². The first-order valence-corrected chi connectivity index (χ1v) is 12.7. The Kier molecular flexibility index (Phi) is 6.86. The second kappa shape index (κ2) is 10.0. The molecule has 5 rings (SSSR count). The third-order valence-corrected chi connectivity index (χ3v) is 7.10. The fraction of sp³-hybridized carbons (Fsp3) is 0.308. The molecule has 0 saturated carbocycles. The van der Waals surface area contributed by atoms with Crippen molar-refractivity contribution in [3.63, 3.8) is 0 Å². The molecular formula is C26H23ClF3N7O3. The van der Waals surface area contributed by atoms with Gasteiger partial charge in [-0.1, -0.05) is 35.9 Å². The lowest BCUT2D eigenvalue weighted by Gasteiger charge is -2.23. The van der Waals surface area contributed by atoms with Crippen molar-refractivity contribution in [1.82, 2.24) is 24.7 Å². The van der Waals surface area contributed by atoms with Crippen molar-refractivity contribution in [2.45, 2.75) is 50.7 Å². The Hall–Kier alpha value is -4.26. The molecule has 0 bridgehead atoms. The topological polar surface area (TPSA) is 149 Å². The second-order valence-electron chi connectivity index (χ2n) is 9.62. The number of nitrogen functional groups attached to an aromatic ring is 1. The fourth-order valence-corrected chi connectivity index (χ4v) is 4.97. The number of nitrogens with one attached hydrogen (secondary N) is 1. The number of hydrogen-bond acceptors (Lipinski definition) is 7. The Bertz CT molecular complexity index is 1640. The van der Waals surface area contributed by atoms with Crippen LogP contribution >= 0.6 is 11.6 Å². The standard InChI is InChI=1S/C26H23ClF3N7O3/c1-25(14-6-3-13(4-7-14)5-10-17(38)39)18-20(31)33-22(34-21(18)35-24(25)40)19-15-8-9-16(27)32-23(15)37(36-19)12-2-11-26(28,29)30/h3-4,6-9H,2,5,10-12H2,1H3,(H,38,39)(H3,31,33,34,35,40). The van der Waals surface area contributed by atoms with Crippen molar-refractivity contribution in [2.24, 2.45) is 0 Å². The molecular weight excluding hydrogens is 551 g/mol. The number of rotatable bonds is 8. The van der Waals surface area contributed by atoms with Gasteiger partial charge in [0.05, 0.1) is 10.9 Å². The summed E-state index contributed by atoms with van der Waals surface area (Å²) in [6, 6.07) is 10.1. The number of pyridine rings is 1. The normalized spacial score (nSPS) is 16.8. The Labute approximate surface area is 230 Å². The molecule has 0 saturated heterocycles. The summed E-state index contributed by atoms with van der Waals surface area (Å²) in [5.41, 5.74) is 7.46. The number of aromatic nitrogens is 5. The molecule has 0 fully saturated rings. The monoisotopic (exact) mass is 573 g/mol. The highest BCUT2D eigenvalue weighted by Gasteiger charge is 2.47. The van der Waals surface area contributed by atoms with Crippen molar-refractivity contribution in [1.29, 1.82) is 0 Å². The molecule has 4 aromatic rings. The van der Waals surface area contributed by atoms with Crippen molar-refractivity contribution in [3.05, 3.63) is 58.2 Å². The number of nitrogens with two attached hydrogens (primary N) is 1. The third kappa shape index (κ3) is 5.04. The molecule has 1 unspecified atom stereocenters. The van der Waals surface area contributed by atoms with Gasteiger partial charge in [0.1, 0.15) is 27.9 Å². The van der Waals surface area contributed by atoms with Crippen molar-refractivity contribution in [3.8, 4) is 11.5 Å². The number of carboxylic acids is 1. The minimum Gasteiger partial charge on any atom is -0.481 e. The molecule has 1 atom stereocenters. The van der Waals surface area contributed by atoms with Crippen LogP contribution in [0.4, 0.5) is 24.8 Å². The summed E-state index contributed by atoms with van der Waals surface area (Å²) in [6.45, 7) is 1.62. The first kappa shape index (κ1) is 27.3. The lowest BCUT2D eigenvalue weighted by molar-refractivity contribution is -0.137. The van der Waals surface area contributed by atoms with Crippen LogP contribution in [0.25, 0.3) is 22.6 Å². The second-order valence-corrected chi connectivity index (χ2v) is 10.0. The van der Waals surface area contributed by atoms with E-state index in [-0.39, 0.29) is 59.2 Å². The number of halogens is 4. The summed E-state index contributed by atoms with van der Waals surface area (Å²) >= 11 is 6.04. The molecule has 3 aromatic heterocycles. The smallest absolute Gasteiger partial charge is 0.389 e. The predicted octanol–water partition coefficient (Wildman–Crippen LogP) is 4.74. The lowest BCUT2D eigenvalue weighted by Crippen LogP contribution is -2.33. The molecule has 1 aromatic carbocycles. The lowest BCUT2D eigenvalue weighted by atomic mass is 9.77. The van der Waals surface area contributed by atoms with Gasteiger partial charge in [0, 0.05) is 19.4 Å². The maximum absolute atomic E-state index is 13.3. The summed E-state index contributed by atoms with van der Waals surface area (Å²) in [6.07, 6.45) is -5.18. The number of nitrogens with zero attached hydrogens (tertiary/aromatic N) is 5. The van der Waals surface area contributed by atoms with Crippen LogP contribution in [0.5, 0.6) is 0 Å². The zero-order valence-electron chi connectivity index (χ0n) is 21.1. The highest BCUT2D eigenvalue weighted by molar-refractivity contribution is 6.29. The van der Waals surface area contributed by atoms with Gasteiger partial charge < -0.3 is 16.2 Å². The van der Waals surface area contributed by atoms with Crippen molar-refractivity contribution < 1.29 is 27.9 Å². The molecule has 1 aliphatic heterocycles. The van der Waals surface area contributed by atoms with E-state index < -0.39 is 24.0 Å². The molecule has 1 aliphatic rings. The van der Waals surface area contributed by atoms with Crippen LogP contribution in [0.3, 0.4) is 0 Å². The van der Waals surface area contributed by atoms with Crippen LogP contribution in [0.15, 0.2) is 36.4 Å². The van der Waals surface area contributed by atoms with Crippen LogP contribution in [0.1, 0.15) is 42.9 Å². The molecule has 10 nitrogen and oxygen atoms in total. The number of carbonyl (C=O) groups is 2. The van der Waals surface area contributed by atoms with Crippen LogP contribution in [-0.4, -0.2) is 47.9 Å². The Morgan fingerprint density at radius 2 is 1.88 bits per heavy atom. The molecule has 0 aliphatic carbocycles. The first-order valence-electron chi connectivity index (χ1n) is 12.3. The van der Waals surface area contributed by atoms with Gasteiger partial charge in [-0.15, -0.1) is 0 Å². The van der Waals surface area contributed by atoms with Gasteiger partial charge in [-0.05, 0) is 43.0 Å². The summed E-state index contributed by atoms with van der Waals surface area (Å²) < 4.78 is 39.5. The average molecular weight is 574 g/mol. The number of alkyl halides is 3. The molecule has 208 valence electrons. The van der Waals surface area contributed by atoms with Gasteiger partial charge in [-0.2, -0.15) is 18.3 Å². The highest BCUT2D eigenvalue weighted by Crippen LogP contribution is 2.45. The average Bonchev–Trinajstić information content (AvgIpc) is 3.36. The molecule has 0 radical (unpaired) electrons. The Balaban J connectivity index is 1.52. The zero-order valence-corrected chi connectivity index (χ0v) is 21.8. The molecule has 4 N–H and O–H groups in total. The molecule has 1 amide bonds. The maximum Gasteiger partial charge on any atom is 0.389 e. The number of hydrogen-bond donors (Lipinski definition) is 3. The van der Waals surface area contributed by atoms with Gasteiger partial charge >= 0.3 is 12.1 Å². The minimum absolute atomic E-state index is 0.0159. The maximum atomic E-state index is 13.3. The number of aryl methyl sites for hydroxylation is 2. The van der Waals surface area contributed by atoms with Gasteiger partial charge in [0.15, 0.2) is 11.5 Å². The Morgan fingerprint density at radius 3 is 2.55 bits per heavy atom. The van der Waals surface area contributed by atoms with E-state index in [4.69, 9.17) is 22.4 Å². The molecule has 0 spiro atoms. The zero-order chi connectivity index (χ0) is 28.8. The van der Waals surface area contributed by atoms with Gasteiger partial charge in [0.25, 0.3) is 0 Å². The number of benzene rings is 1. The number of carboxylic acid groups (broad SMARTS) is 1. The molecule has 14 heteroatoms. The van der Waals surface area contributed by atoms with Gasteiger partial charge in [-0.25, -0.2) is 19.6 Å². The van der Waals surface area contributed by atoms with Crippen molar-refractivity contribution >= 4 is 46.1 Å². The summed E-state index contributed by atoms with van der Waals surface area (Å²) in [4.78, 5) is 37.3. The van der Waals surface area contributed by atoms with Gasteiger partial charge in [0.2, 0.25) is 5.91 Å². The van der Waals surface area contributed by atoms with Crippen molar-refractivity contribution in [2.75, 3.05) is 11.1 Å². The fourth-order valence-electron chi connectivity index (χ4n) is 4.82. The third-order valence-electron chi connectivity index (χ3n) is 6.89. The van der Waals surface area contributed by atoms with Gasteiger partial charge in [-0.3, -0.25) is 9.59 Å². The van der Waals surface area contributed by atoms with E-state index >= 15 is 0 Å². The van der Waals surface area contributed by atoms with E-state index in [0.29, 0.717) is 22.9 Å². The van der Waals surface area contributed by atoms with Crippen LogP contribution in [0.2, 0.25) is 5.15 Å². The summed E-state index contributed by atoms with van der Waals surface area (Å²) in [7, 11) is 0. The van der Waals surface area contributed by atoms with E-state index in [1.807, 2.05) is 0 Å². The van der Waals surface area contributed by atoms with Crippen LogP contribution in [0, 0.1) is 0 Å². The molecule has 40 heavy (non-hydrogen) atoms. The van der Waals surface area contributed by atoms with E-state index in [0.717, 1.165) is 5.56 Å². The van der Waals surface area contributed by atoms with E-state index in [2.05, 4.69) is 25.4 Å². The quantitative estimate of drug-likeness (QED) is 0.256. The predicted molar refractivity (Wildman–Crippen MR) is 141 cm³/mol. The number of amides is 1. The summed E-state index contributed by atoms with van der Waals surface area (Å²) in [5.74, 6) is -1.01. The minimum atomic E-state index is -4.31. The van der Waals surface area contributed by atoms with Crippen LogP contribution < -0.4 is 11.1 Å².